The third kappa shape index (κ3) is 1.93. The van der Waals surface area contributed by atoms with Gasteiger partial charge in [0.05, 0.1) is 30.8 Å². The number of fused-ring (bicyclic) bond motifs is 1. The van der Waals surface area contributed by atoms with Crippen LogP contribution in [0.4, 0.5) is 0 Å². The molecule has 0 amide bonds. The zero-order chi connectivity index (χ0) is 14.2. The van der Waals surface area contributed by atoms with Crippen LogP contribution in [-0.2, 0) is 5.54 Å². The van der Waals surface area contributed by atoms with Gasteiger partial charge in [0.1, 0.15) is 5.82 Å². The van der Waals surface area contributed by atoms with E-state index in [2.05, 4.69) is 17.2 Å². The number of rotatable bonds is 4. The summed E-state index contributed by atoms with van der Waals surface area (Å²) >= 11 is 0. The second kappa shape index (κ2) is 4.98. The van der Waals surface area contributed by atoms with E-state index in [4.69, 9.17) is 14.5 Å². The molecule has 1 unspecified atom stereocenters. The van der Waals surface area contributed by atoms with Crippen LogP contribution in [0.5, 0.6) is 11.5 Å². The van der Waals surface area contributed by atoms with Gasteiger partial charge in [-0.15, -0.1) is 0 Å². The number of ether oxygens (including phenoxy) is 2. The van der Waals surface area contributed by atoms with Crippen LogP contribution in [0.1, 0.15) is 32.0 Å². The Morgan fingerprint density at radius 2 is 2.00 bits per heavy atom. The van der Waals surface area contributed by atoms with Gasteiger partial charge in [-0.05, 0) is 25.8 Å². The second-order valence-corrected chi connectivity index (χ2v) is 5.28. The SMILES string of the molecule is CCC1(c2nc3cc(OC)c(OC)cc3[nH]2)CCCN1. The highest BCUT2D eigenvalue weighted by atomic mass is 16.5. The maximum Gasteiger partial charge on any atom is 0.163 e. The van der Waals surface area contributed by atoms with Crippen molar-refractivity contribution in [3.05, 3.63) is 18.0 Å². The van der Waals surface area contributed by atoms with Crippen molar-refractivity contribution < 1.29 is 9.47 Å². The zero-order valence-corrected chi connectivity index (χ0v) is 12.2. The standard InChI is InChI=1S/C15H21N3O2/c1-4-15(6-5-7-16-15)14-17-10-8-12(19-2)13(20-3)9-11(10)18-14/h8-9,16H,4-7H2,1-3H3,(H,17,18). The van der Waals surface area contributed by atoms with Crippen LogP contribution >= 0.6 is 0 Å². The first kappa shape index (κ1) is 13.2. The average molecular weight is 275 g/mol. The van der Waals surface area contributed by atoms with E-state index in [1.165, 1.54) is 6.42 Å². The maximum absolute atomic E-state index is 5.34. The van der Waals surface area contributed by atoms with Gasteiger partial charge in [-0.2, -0.15) is 0 Å². The Morgan fingerprint density at radius 3 is 2.60 bits per heavy atom. The van der Waals surface area contributed by atoms with E-state index in [0.29, 0.717) is 5.75 Å². The molecule has 20 heavy (non-hydrogen) atoms. The summed E-state index contributed by atoms with van der Waals surface area (Å²) in [7, 11) is 3.29. The number of nitrogens with zero attached hydrogens (tertiary/aromatic N) is 1. The lowest BCUT2D eigenvalue weighted by Crippen LogP contribution is -2.37. The molecule has 5 heteroatoms. The smallest absolute Gasteiger partial charge is 0.163 e. The van der Waals surface area contributed by atoms with Crippen LogP contribution in [0.3, 0.4) is 0 Å². The van der Waals surface area contributed by atoms with Crippen LogP contribution in [-0.4, -0.2) is 30.7 Å². The Hall–Kier alpha value is -1.75. The quantitative estimate of drug-likeness (QED) is 0.900. The van der Waals surface area contributed by atoms with E-state index >= 15 is 0 Å². The van der Waals surface area contributed by atoms with Gasteiger partial charge in [0.25, 0.3) is 0 Å². The number of H-pyrrole nitrogens is 1. The number of imidazole rings is 1. The molecule has 3 rings (SSSR count). The van der Waals surface area contributed by atoms with E-state index in [-0.39, 0.29) is 5.54 Å². The van der Waals surface area contributed by atoms with Crippen molar-refractivity contribution in [3.8, 4) is 11.5 Å². The second-order valence-electron chi connectivity index (χ2n) is 5.28. The minimum atomic E-state index is -0.0144. The molecule has 0 bridgehead atoms. The molecule has 1 saturated heterocycles. The Balaban J connectivity index is 2.10. The van der Waals surface area contributed by atoms with Crippen molar-refractivity contribution in [3.63, 3.8) is 0 Å². The van der Waals surface area contributed by atoms with Gasteiger partial charge in [0, 0.05) is 12.1 Å². The van der Waals surface area contributed by atoms with Crippen molar-refractivity contribution in [2.75, 3.05) is 20.8 Å². The first-order valence-corrected chi connectivity index (χ1v) is 7.09. The van der Waals surface area contributed by atoms with Crippen LogP contribution in [0, 0.1) is 0 Å². The van der Waals surface area contributed by atoms with Gasteiger partial charge in [-0.25, -0.2) is 4.98 Å². The summed E-state index contributed by atoms with van der Waals surface area (Å²) in [4.78, 5) is 8.21. The third-order valence-electron chi connectivity index (χ3n) is 4.29. The lowest BCUT2D eigenvalue weighted by Gasteiger charge is -2.25. The fourth-order valence-corrected chi connectivity index (χ4v) is 3.04. The van der Waals surface area contributed by atoms with E-state index in [1.807, 2.05) is 12.1 Å². The topological polar surface area (TPSA) is 59.2 Å². The lowest BCUT2D eigenvalue weighted by molar-refractivity contribution is 0.356. The summed E-state index contributed by atoms with van der Waals surface area (Å²) in [6.45, 7) is 3.25. The summed E-state index contributed by atoms with van der Waals surface area (Å²) in [6.07, 6.45) is 3.34. The zero-order valence-electron chi connectivity index (χ0n) is 12.2. The first-order valence-electron chi connectivity index (χ1n) is 7.09. The van der Waals surface area contributed by atoms with E-state index in [1.54, 1.807) is 14.2 Å². The molecule has 1 fully saturated rings. The van der Waals surface area contributed by atoms with Crippen LogP contribution in [0.15, 0.2) is 12.1 Å². The number of aromatic amines is 1. The number of methoxy groups -OCH3 is 2. The molecule has 0 aliphatic carbocycles. The van der Waals surface area contributed by atoms with Gasteiger partial charge in [-0.1, -0.05) is 6.92 Å². The van der Waals surface area contributed by atoms with Crippen molar-refractivity contribution in [2.24, 2.45) is 0 Å². The summed E-state index contributed by atoms with van der Waals surface area (Å²) in [6, 6.07) is 3.87. The summed E-state index contributed by atoms with van der Waals surface area (Å²) in [5.74, 6) is 2.45. The van der Waals surface area contributed by atoms with Gasteiger partial charge in [0.2, 0.25) is 0 Å². The van der Waals surface area contributed by atoms with Crippen LogP contribution in [0.2, 0.25) is 0 Å². The van der Waals surface area contributed by atoms with Crippen molar-refractivity contribution in [2.45, 2.75) is 31.7 Å². The molecule has 1 atom stereocenters. The Kier molecular flexibility index (Phi) is 3.30. The fourth-order valence-electron chi connectivity index (χ4n) is 3.04. The van der Waals surface area contributed by atoms with Gasteiger partial charge in [-0.3, -0.25) is 0 Å². The van der Waals surface area contributed by atoms with E-state index in [0.717, 1.165) is 42.0 Å². The largest absolute Gasteiger partial charge is 0.493 e. The van der Waals surface area contributed by atoms with Crippen molar-refractivity contribution >= 4 is 11.0 Å². The molecular weight excluding hydrogens is 254 g/mol. The molecule has 1 aliphatic heterocycles. The normalized spacial score (nSPS) is 22.4. The fraction of sp³-hybridized carbons (Fsp3) is 0.533. The Morgan fingerprint density at radius 1 is 1.25 bits per heavy atom. The molecule has 2 heterocycles. The number of benzene rings is 1. The van der Waals surface area contributed by atoms with Crippen LogP contribution in [0.25, 0.3) is 11.0 Å². The molecule has 1 aromatic heterocycles. The molecule has 0 saturated carbocycles. The summed E-state index contributed by atoms with van der Waals surface area (Å²) in [5.41, 5.74) is 1.89. The average Bonchev–Trinajstić information content (AvgIpc) is 3.12. The van der Waals surface area contributed by atoms with Crippen molar-refractivity contribution in [1.82, 2.24) is 15.3 Å². The molecule has 0 spiro atoms. The molecule has 1 aliphatic rings. The number of hydrogen-bond acceptors (Lipinski definition) is 4. The predicted octanol–water partition coefficient (Wildman–Crippen LogP) is 2.57. The monoisotopic (exact) mass is 275 g/mol. The highest BCUT2D eigenvalue weighted by Crippen LogP contribution is 2.36. The first-order chi connectivity index (χ1) is 9.72. The molecule has 5 nitrogen and oxygen atoms in total. The maximum atomic E-state index is 5.34. The minimum absolute atomic E-state index is 0.0144. The third-order valence-corrected chi connectivity index (χ3v) is 4.29. The van der Waals surface area contributed by atoms with Gasteiger partial charge < -0.3 is 19.8 Å². The van der Waals surface area contributed by atoms with Crippen LogP contribution < -0.4 is 14.8 Å². The summed E-state index contributed by atoms with van der Waals surface area (Å²) in [5, 5.41) is 3.60. The molecule has 1 aromatic carbocycles. The molecule has 108 valence electrons. The highest BCUT2D eigenvalue weighted by Gasteiger charge is 2.36. The molecular formula is C15H21N3O2. The number of aromatic nitrogens is 2. The van der Waals surface area contributed by atoms with E-state index in [9.17, 15) is 0 Å². The minimum Gasteiger partial charge on any atom is -0.493 e. The number of hydrogen-bond donors (Lipinski definition) is 2. The molecule has 2 aromatic rings. The Labute approximate surface area is 118 Å². The molecule has 2 N–H and O–H groups in total. The van der Waals surface area contributed by atoms with Gasteiger partial charge >= 0.3 is 0 Å². The predicted molar refractivity (Wildman–Crippen MR) is 78.4 cm³/mol. The highest BCUT2D eigenvalue weighted by molar-refractivity contribution is 5.80. The Bertz CT molecular complexity index is 574. The number of nitrogens with one attached hydrogen (secondary N) is 2. The van der Waals surface area contributed by atoms with E-state index < -0.39 is 0 Å². The van der Waals surface area contributed by atoms with Gasteiger partial charge in [0.15, 0.2) is 11.5 Å². The molecule has 0 radical (unpaired) electrons. The summed E-state index contributed by atoms with van der Waals surface area (Å²) < 4.78 is 10.7. The lowest BCUT2D eigenvalue weighted by atomic mass is 9.93. The van der Waals surface area contributed by atoms with Crippen molar-refractivity contribution in [1.29, 1.82) is 0 Å².